The van der Waals surface area contributed by atoms with Gasteiger partial charge in [-0.25, -0.2) is 9.59 Å². The molecule has 2 N–H and O–H groups in total. The number of nitrogens with zero attached hydrogens (tertiary/aromatic N) is 2. The Morgan fingerprint density at radius 1 is 1.13 bits per heavy atom. The lowest BCUT2D eigenvalue weighted by Crippen LogP contribution is -2.44. The molecule has 1 aromatic heterocycles. The van der Waals surface area contributed by atoms with E-state index in [1.54, 1.807) is 25.2 Å². The monoisotopic (exact) mass is 414 g/mol. The summed E-state index contributed by atoms with van der Waals surface area (Å²) >= 11 is 0. The molecular formula is C21H26N4O5. The predicted molar refractivity (Wildman–Crippen MR) is 109 cm³/mol. The van der Waals surface area contributed by atoms with Crippen LogP contribution in [0.4, 0.5) is 0 Å². The molecule has 2 saturated heterocycles. The zero-order chi connectivity index (χ0) is 21.3. The van der Waals surface area contributed by atoms with Crippen molar-refractivity contribution < 1.29 is 19.1 Å². The second-order valence-electron chi connectivity index (χ2n) is 8.00. The highest BCUT2D eigenvalue weighted by molar-refractivity contribution is 6.00. The number of esters is 1. The van der Waals surface area contributed by atoms with E-state index in [4.69, 9.17) is 4.74 Å². The maximum atomic E-state index is 12.8. The summed E-state index contributed by atoms with van der Waals surface area (Å²) in [5.41, 5.74) is 1.08. The molecule has 2 amide bonds. The number of hydrogen-bond donors (Lipinski definition) is 2. The van der Waals surface area contributed by atoms with E-state index in [0.717, 1.165) is 32.4 Å². The quantitative estimate of drug-likeness (QED) is 0.555. The van der Waals surface area contributed by atoms with E-state index in [1.807, 2.05) is 0 Å². The Hall–Kier alpha value is -2.94. The third kappa shape index (κ3) is 3.89. The molecule has 0 saturated carbocycles. The van der Waals surface area contributed by atoms with Gasteiger partial charge in [-0.1, -0.05) is 0 Å². The van der Waals surface area contributed by atoms with E-state index < -0.39 is 17.9 Å². The molecule has 2 aliphatic rings. The number of amides is 2. The summed E-state index contributed by atoms with van der Waals surface area (Å²) in [4.78, 5) is 49.0. The highest BCUT2D eigenvalue weighted by Crippen LogP contribution is 2.24. The topological polar surface area (TPSA) is 111 Å². The molecule has 2 aromatic rings. The minimum absolute atomic E-state index is 0.181. The summed E-state index contributed by atoms with van der Waals surface area (Å²) in [7, 11) is 1.60. The van der Waals surface area contributed by atoms with Gasteiger partial charge in [0, 0.05) is 13.5 Å². The first kappa shape index (κ1) is 20.3. The number of benzene rings is 1. The van der Waals surface area contributed by atoms with Crippen molar-refractivity contribution in [2.75, 3.05) is 19.7 Å². The van der Waals surface area contributed by atoms with Crippen molar-refractivity contribution in [3.8, 4) is 0 Å². The van der Waals surface area contributed by atoms with Crippen LogP contribution in [0, 0.1) is 5.92 Å². The van der Waals surface area contributed by atoms with Crippen molar-refractivity contribution in [2.24, 2.45) is 13.0 Å². The van der Waals surface area contributed by atoms with E-state index in [2.05, 4.69) is 10.6 Å². The van der Waals surface area contributed by atoms with Gasteiger partial charge < -0.3 is 10.1 Å². The smallest absolute Gasteiger partial charge is 0.338 e. The highest BCUT2D eigenvalue weighted by atomic mass is 16.5. The van der Waals surface area contributed by atoms with Crippen molar-refractivity contribution in [1.82, 2.24) is 19.8 Å². The third-order valence-electron chi connectivity index (χ3n) is 6.06. The summed E-state index contributed by atoms with van der Waals surface area (Å²) < 4.78 is 8.25. The molecule has 9 heteroatoms. The van der Waals surface area contributed by atoms with Crippen LogP contribution in [0.15, 0.2) is 23.0 Å². The zero-order valence-corrected chi connectivity index (χ0v) is 17.0. The Kier molecular flexibility index (Phi) is 5.72. The van der Waals surface area contributed by atoms with Crippen LogP contribution in [0.5, 0.6) is 0 Å². The molecular weight excluding hydrogens is 388 g/mol. The molecule has 30 heavy (non-hydrogen) atoms. The van der Waals surface area contributed by atoms with Gasteiger partial charge in [-0.3, -0.25) is 24.0 Å². The average molecular weight is 414 g/mol. The molecule has 160 valence electrons. The van der Waals surface area contributed by atoms with Crippen molar-refractivity contribution in [1.29, 1.82) is 0 Å². The largest absolute Gasteiger partial charge is 0.462 e. The van der Waals surface area contributed by atoms with Gasteiger partial charge in [-0.15, -0.1) is 0 Å². The SMILES string of the molecule is Cn1c(=O)n(C2CCC(=O)NC2=O)c2ccc(C(=O)OCCC3CCNCC3)cc21. The fraction of sp³-hybridized carbons (Fsp3) is 0.524. The van der Waals surface area contributed by atoms with E-state index in [-0.39, 0.29) is 24.4 Å². The number of piperidine rings is 2. The summed E-state index contributed by atoms with van der Waals surface area (Å²) in [6.45, 7) is 2.39. The van der Waals surface area contributed by atoms with Crippen molar-refractivity contribution in [2.45, 2.75) is 38.1 Å². The molecule has 1 aromatic carbocycles. The maximum absolute atomic E-state index is 12.8. The van der Waals surface area contributed by atoms with Crippen LogP contribution in [-0.4, -0.2) is 46.6 Å². The molecule has 0 bridgehead atoms. The van der Waals surface area contributed by atoms with Crippen LogP contribution in [0.3, 0.4) is 0 Å². The second kappa shape index (κ2) is 8.43. The van der Waals surface area contributed by atoms with Gasteiger partial charge in [0.05, 0.1) is 23.2 Å². The summed E-state index contributed by atoms with van der Waals surface area (Å²) in [6, 6.07) is 4.13. The third-order valence-corrected chi connectivity index (χ3v) is 6.06. The zero-order valence-electron chi connectivity index (χ0n) is 17.0. The molecule has 2 aliphatic heterocycles. The number of nitrogens with one attached hydrogen (secondary N) is 2. The van der Waals surface area contributed by atoms with E-state index in [1.165, 1.54) is 9.13 Å². The number of aryl methyl sites for hydroxylation is 1. The number of aromatic nitrogens is 2. The van der Waals surface area contributed by atoms with E-state index in [9.17, 15) is 19.2 Å². The Bertz CT molecular complexity index is 1050. The van der Waals surface area contributed by atoms with Crippen LogP contribution in [0.2, 0.25) is 0 Å². The van der Waals surface area contributed by atoms with Gasteiger partial charge in [0.15, 0.2) is 0 Å². The number of fused-ring (bicyclic) bond motifs is 1. The molecule has 3 heterocycles. The minimum Gasteiger partial charge on any atom is -0.462 e. The Labute approximate surface area is 173 Å². The first-order chi connectivity index (χ1) is 14.5. The molecule has 0 radical (unpaired) electrons. The first-order valence-corrected chi connectivity index (χ1v) is 10.4. The standard InChI is InChI=1S/C21H26N4O5/c1-24-17-12-14(20(28)30-11-8-13-6-9-22-10-7-13)2-3-15(17)25(21(24)29)16-4-5-18(26)23-19(16)27/h2-3,12-13,16,22H,4-11H2,1H3,(H,23,26,27). The number of imide groups is 1. The van der Waals surface area contributed by atoms with Crippen molar-refractivity contribution in [3.05, 3.63) is 34.2 Å². The number of carbonyl (C=O) groups excluding carboxylic acids is 3. The number of ether oxygens (including phenoxy) is 1. The number of hydrogen-bond acceptors (Lipinski definition) is 6. The minimum atomic E-state index is -0.748. The average Bonchev–Trinajstić information content (AvgIpc) is 2.99. The van der Waals surface area contributed by atoms with E-state index in [0.29, 0.717) is 29.1 Å². The number of imidazole rings is 1. The molecule has 1 atom stereocenters. The Morgan fingerprint density at radius 2 is 1.90 bits per heavy atom. The molecule has 0 spiro atoms. The highest BCUT2D eigenvalue weighted by Gasteiger charge is 2.31. The normalized spacial score (nSPS) is 20.4. The van der Waals surface area contributed by atoms with Gasteiger partial charge >= 0.3 is 11.7 Å². The fourth-order valence-electron chi connectivity index (χ4n) is 4.29. The molecule has 9 nitrogen and oxygen atoms in total. The Morgan fingerprint density at radius 3 is 2.63 bits per heavy atom. The maximum Gasteiger partial charge on any atom is 0.338 e. The molecule has 2 fully saturated rings. The predicted octanol–water partition coefficient (Wildman–Crippen LogP) is 0.864. The van der Waals surface area contributed by atoms with Crippen LogP contribution < -0.4 is 16.3 Å². The lowest BCUT2D eigenvalue weighted by Gasteiger charge is -2.22. The van der Waals surface area contributed by atoms with Crippen LogP contribution in [0.25, 0.3) is 11.0 Å². The lowest BCUT2D eigenvalue weighted by atomic mass is 9.95. The van der Waals surface area contributed by atoms with Crippen LogP contribution >= 0.6 is 0 Å². The van der Waals surface area contributed by atoms with Gasteiger partial charge in [0.25, 0.3) is 0 Å². The lowest BCUT2D eigenvalue weighted by molar-refractivity contribution is -0.135. The number of carbonyl (C=O) groups is 3. The van der Waals surface area contributed by atoms with Crippen molar-refractivity contribution >= 4 is 28.8 Å². The van der Waals surface area contributed by atoms with Gasteiger partial charge in [-0.2, -0.15) is 0 Å². The fourth-order valence-corrected chi connectivity index (χ4v) is 4.29. The van der Waals surface area contributed by atoms with Crippen molar-refractivity contribution in [3.63, 3.8) is 0 Å². The second-order valence-corrected chi connectivity index (χ2v) is 8.00. The molecule has 4 rings (SSSR count). The van der Waals surface area contributed by atoms with Gasteiger partial charge in [-0.05, 0) is 62.9 Å². The summed E-state index contributed by atoms with van der Waals surface area (Å²) in [6.07, 6.45) is 3.49. The molecule has 1 unspecified atom stereocenters. The van der Waals surface area contributed by atoms with Gasteiger partial charge in [0.2, 0.25) is 11.8 Å². The number of rotatable bonds is 5. The van der Waals surface area contributed by atoms with E-state index >= 15 is 0 Å². The Balaban J connectivity index is 1.52. The van der Waals surface area contributed by atoms with Crippen LogP contribution in [-0.2, 0) is 21.4 Å². The van der Waals surface area contributed by atoms with Crippen LogP contribution in [0.1, 0.15) is 48.5 Å². The first-order valence-electron chi connectivity index (χ1n) is 10.4. The summed E-state index contributed by atoms with van der Waals surface area (Å²) in [5.74, 6) is -0.668. The van der Waals surface area contributed by atoms with Gasteiger partial charge in [0.1, 0.15) is 6.04 Å². The summed E-state index contributed by atoms with van der Waals surface area (Å²) in [5, 5.41) is 5.60. The molecule has 0 aliphatic carbocycles.